The van der Waals surface area contributed by atoms with Gasteiger partial charge < -0.3 is 14.9 Å². The highest BCUT2D eigenvalue weighted by Crippen LogP contribution is 2.14. The van der Waals surface area contributed by atoms with Crippen LogP contribution < -0.4 is 0 Å². The van der Waals surface area contributed by atoms with Crippen molar-refractivity contribution in [1.82, 2.24) is 9.80 Å². The highest BCUT2D eigenvalue weighted by Gasteiger charge is 2.19. The number of rotatable bonds is 9. The Hall–Kier alpha value is -0.980. The van der Waals surface area contributed by atoms with Gasteiger partial charge in [0, 0.05) is 45.2 Å². The maximum Gasteiger partial charge on any atom is 0.0900 e. The maximum absolute atomic E-state index is 10.1. The molecule has 5 nitrogen and oxygen atoms in total. The summed E-state index contributed by atoms with van der Waals surface area (Å²) in [7, 11) is 0. The molecule has 5 heteroatoms. The SMILES string of the molecule is C[C@H](COC[C@@H](O)CN1CCN(CCO)CC1)c1ccccc1. The van der Waals surface area contributed by atoms with Crippen LogP contribution >= 0.6 is 0 Å². The molecule has 0 spiro atoms. The van der Waals surface area contributed by atoms with E-state index in [2.05, 4.69) is 28.9 Å². The van der Waals surface area contributed by atoms with Gasteiger partial charge in [0.05, 0.1) is 25.9 Å². The van der Waals surface area contributed by atoms with Crippen LogP contribution in [0.3, 0.4) is 0 Å². The number of hydrogen-bond acceptors (Lipinski definition) is 5. The van der Waals surface area contributed by atoms with Gasteiger partial charge in [-0.3, -0.25) is 9.80 Å². The Labute approximate surface area is 139 Å². The zero-order valence-corrected chi connectivity index (χ0v) is 14.1. The van der Waals surface area contributed by atoms with Crippen molar-refractivity contribution in [2.24, 2.45) is 0 Å². The fraction of sp³-hybridized carbons (Fsp3) is 0.667. The Kier molecular flexibility index (Phi) is 7.99. The molecule has 0 radical (unpaired) electrons. The van der Waals surface area contributed by atoms with E-state index in [9.17, 15) is 5.11 Å². The first-order chi connectivity index (χ1) is 11.2. The van der Waals surface area contributed by atoms with Crippen LogP contribution in [0.2, 0.25) is 0 Å². The van der Waals surface area contributed by atoms with E-state index in [-0.39, 0.29) is 6.61 Å². The molecule has 0 amide bonds. The second-order valence-electron chi connectivity index (χ2n) is 6.37. The van der Waals surface area contributed by atoms with E-state index in [0.717, 1.165) is 32.7 Å². The summed E-state index contributed by atoms with van der Waals surface area (Å²) in [6, 6.07) is 10.3. The van der Waals surface area contributed by atoms with E-state index in [4.69, 9.17) is 9.84 Å². The number of aliphatic hydroxyl groups excluding tert-OH is 2. The van der Waals surface area contributed by atoms with Crippen molar-refractivity contribution >= 4 is 0 Å². The summed E-state index contributed by atoms with van der Waals surface area (Å²) in [4.78, 5) is 4.52. The smallest absolute Gasteiger partial charge is 0.0900 e. The number of hydrogen-bond donors (Lipinski definition) is 2. The van der Waals surface area contributed by atoms with Crippen molar-refractivity contribution < 1.29 is 14.9 Å². The molecule has 1 fully saturated rings. The number of ether oxygens (including phenoxy) is 1. The van der Waals surface area contributed by atoms with Gasteiger partial charge in [0.2, 0.25) is 0 Å². The van der Waals surface area contributed by atoms with Gasteiger partial charge in [-0.25, -0.2) is 0 Å². The zero-order chi connectivity index (χ0) is 16.5. The lowest BCUT2D eigenvalue weighted by Crippen LogP contribution is -2.49. The van der Waals surface area contributed by atoms with Gasteiger partial charge in [0.1, 0.15) is 0 Å². The van der Waals surface area contributed by atoms with Crippen LogP contribution in [0.4, 0.5) is 0 Å². The molecule has 130 valence electrons. The lowest BCUT2D eigenvalue weighted by atomic mass is 10.0. The van der Waals surface area contributed by atoms with E-state index in [1.165, 1.54) is 5.56 Å². The lowest BCUT2D eigenvalue weighted by Gasteiger charge is -2.35. The molecule has 1 heterocycles. The van der Waals surface area contributed by atoms with Crippen LogP contribution in [0.5, 0.6) is 0 Å². The molecule has 0 bridgehead atoms. The molecule has 2 rings (SSSR count). The molecule has 0 saturated carbocycles. The Morgan fingerprint density at radius 3 is 2.35 bits per heavy atom. The first-order valence-corrected chi connectivity index (χ1v) is 8.55. The van der Waals surface area contributed by atoms with Gasteiger partial charge in [-0.1, -0.05) is 37.3 Å². The van der Waals surface area contributed by atoms with Crippen molar-refractivity contribution in [2.45, 2.75) is 18.9 Å². The number of nitrogens with zero attached hydrogens (tertiary/aromatic N) is 2. The van der Waals surface area contributed by atoms with Crippen molar-refractivity contribution in [3.8, 4) is 0 Å². The molecular formula is C18H30N2O3. The summed E-state index contributed by atoms with van der Waals surface area (Å²) in [5.41, 5.74) is 1.27. The molecule has 2 atom stereocenters. The Bertz CT molecular complexity index is 422. The average molecular weight is 322 g/mol. The molecule has 0 unspecified atom stereocenters. The lowest BCUT2D eigenvalue weighted by molar-refractivity contribution is 0.00325. The number of piperazine rings is 1. The molecule has 0 aromatic heterocycles. The molecule has 1 aromatic carbocycles. The molecule has 2 N–H and O–H groups in total. The minimum atomic E-state index is -0.442. The molecule has 1 aliphatic heterocycles. The van der Waals surface area contributed by atoms with Gasteiger partial charge in [-0.15, -0.1) is 0 Å². The summed E-state index contributed by atoms with van der Waals surface area (Å²) in [5.74, 6) is 0.338. The third kappa shape index (κ3) is 6.57. The monoisotopic (exact) mass is 322 g/mol. The van der Waals surface area contributed by atoms with E-state index in [1.807, 2.05) is 18.2 Å². The standard InChI is InChI=1S/C18H30N2O3/c1-16(17-5-3-2-4-6-17)14-23-15-18(22)13-20-9-7-19(8-10-20)11-12-21/h2-6,16,18,21-22H,7-15H2,1H3/t16-,18+/m1/s1. The quantitative estimate of drug-likeness (QED) is 0.704. The van der Waals surface area contributed by atoms with Gasteiger partial charge in [0.15, 0.2) is 0 Å². The molecule has 1 aromatic rings. The minimum Gasteiger partial charge on any atom is -0.395 e. The van der Waals surface area contributed by atoms with Crippen molar-refractivity contribution in [2.75, 3.05) is 59.1 Å². The highest BCUT2D eigenvalue weighted by atomic mass is 16.5. The van der Waals surface area contributed by atoms with Crippen molar-refractivity contribution in [3.05, 3.63) is 35.9 Å². The average Bonchev–Trinajstić information content (AvgIpc) is 2.57. The second kappa shape index (κ2) is 10.0. The van der Waals surface area contributed by atoms with Crippen LogP contribution in [0.15, 0.2) is 30.3 Å². The van der Waals surface area contributed by atoms with Crippen LogP contribution in [-0.2, 0) is 4.74 Å². The van der Waals surface area contributed by atoms with Crippen LogP contribution in [0.1, 0.15) is 18.4 Å². The topological polar surface area (TPSA) is 56.2 Å². The van der Waals surface area contributed by atoms with Crippen LogP contribution in [-0.4, -0.2) is 85.2 Å². The maximum atomic E-state index is 10.1. The van der Waals surface area contributed by atoms with Crippen LogP contribution in [0.25, 0.3) is 0 Å². The summed E-state index contributed by atoms with van der Waals surface area (Å²) in [6.45, 7) is 8.58. The largest absolute Gasteiger partial charge is 0.395 e. The summed E-state index contributed by atoms with van der Waals surface area (Å²) < 4.78 is 5.69. The van der Waals surface area contributed by atoms with Crippen LogP contribution in [0, 0.1) is 0 Å². The van der Waals surface area contributed by atoms with E-state index >= 15 is 0 Å². The normalized spacial score (nSPS) is 19.6. The second-order valence-corrected chi connectivity index (χ2v) is 6.37. The first-order valence-electron chi connectivity index (χ1n) is 8.55. The molecule has 0 aliphatic carbocycles. The third-order valence-corrected chi connectivity index (χ3v) is 4.40. The Morgan fingerprint density at radius 2 is 1.70 bits per heavy atom. The number of benzene rings is 1. The minimum absolute atomic E-state index is 0.218. The first kappa shape index (κ1) is 18.4. The molecule has 23 heavy (non-hydrogen) atoms. The van der Waals surface area contributed by atoms with E-state index in [0.29, 0.717) is 25.7 Å². The summed E-state index contributed by atoms with van der Waals surface area (Å²) in [6.07, 6.45) is -0.442. The molecule has 1 aliphatic rings. The highest BCUT2D eigenvalue weighted by molar-refractivity contribution is 5.18. The Balaban J connectivity index is 1.59. The van der Waals surface area contributed by atoms with Crippen molar-refractivity contribution in [1.29, 1.82) is 0 Å². The fourth-order valence-corrected chi connectivity index (χ4v) is 2.95. The number of aliphatic hydroxyl groups is 2. The van der Waals surface area contributed by atoms with E-state index in [1.54, 1.807) is 0 Å². The van der Waals surface area contributed by atoms with Gasteiger partial charge in [-0.05, 0) is 5.56 Å². The Morgan fingerprint density at radius 1 is 1.04 bits per heavy atom. The number of β-amino-alcohol motifs (C(OH)–C–C–N with tert-alkyl or cyclic N) is 2. The predicted octanol–water partition coefficient (Wildman–Crippen LogP) is 0.778. The molecule has 1 saturated heterocycles. The third-order valence-electron chi connectivity index (χ3n) is 4.40. The fourth-order valence-electron chi connectivity index (χ4n) is 2.95. The summed E-state index contributed by atoms with van der Waals surface area (Å²) in [5, 5.41) is 19.1. The van der Waals surface area contributed by atoms with Gasteiger partial charge in [-0.2, -0.15) is 0 Å². The van der Waals surface area contributed by atoms with Gasteiger partial charge in [0.25, 0.3) is 0 Å². The van der Waals surface area contributed by atoms with Crippen molar-refractivity contribution in [3.63, 3.8) is 0 Å². The van der Waals surface area contributed by atoms with Gasteiger partial charge >= 0.3 is 0 Å². The zero-order valence-electron chi connectivity index (χ0n) is 14.1. The summed E-state index contributed by atoms with van der Waals surface area (Å²) >= 11 is 0. The predicted molar refractivity (Wildman–Crippen MR) is 91.6 cm³/mol. The molecular weight excluding hydrogens is 292 g/mol. The van der Waals surface area contributed by atoms with E-state index < -0.39 is 6.10 Å².